The maximum Gasteiger partial charge on any atom is 0.383 e. The van der Waals surface area contributed by atoms with Gasteiger partial charge in [-0.1, -0.05) is 52.6 Å². The summed E-state index contributed by atoms with van der Waals surface area (Å²) in [7, 11) is 0. The van der Waals surface area contributed by atoms with E-state index in [2.05, 4.69) is 46.8 Å². The first-order valence-electron chi connectivity index (χ1n) is 14.4. The molecule has 0 saturated heterocycles. The highest BCUT2D eigenvalue weighted by molar-refractivity contribution is 5.93. The molecule has 0 bridgehead atoms. The highest BCUT2D eigenvalue weighted by Gasteiger charge is 2.22. The molecule has 42 heavy (non-hydrogen) atoms. The fourth-order valence-corrected chi connectivity index (χ4v) is 4.11. The molecule has 6 nitrogen and oxygen atoms in total. The number of fused-ring (bicyclic) bond motifs is 1. The Balaban J connectivity index is 1.86. The lowest BCUT2D eigenvalue weighted by Crippen LogP contribution is -2.16. The molecule has 0 amide bonds. The van der Waals surface area contributed by atoms with E-state index in [0.717, 1.165) is 31.3 Å². The predicted molar refractivity (Wildman–Crippen MR) is 170 cm³/mol. The molecule has 0 unspecified atom stereocenters. The van der Waals surface area contributed by atoms with E-state index in [1.807, 2.05) is 19.1 Å². The van der Waals surface area contributed by atoms with Gasteiger partial charge >= 0.3 is 11.6 Å². The molecule has 0 atom stereocenters. The van der Waals surface area contributed by atoms with Crippen LogP contribution in [0, 0.1) is 0 Å². The monoisotopic (exact) mass is 570 g/mol. The summed E-state index contributed by atoms with van der Waals surface area (Å²) >= 11 is 0. The smallest absolute Gasteiger partial charge is 0.383 e. The minimum Gasteiger partial charge on any atom is -0.489 e. The van der Waals surface area contributed by atoms with Crippen LogP contribution in [0.1, 0.15) is 77.6 Å². The summed E-state index contributed by atoms with van der Waals surface area (Å²) < 4.78 is 23.1. The second-order valence-corrected chi connectivity index (χ2v) is 10.8. The summed E-state index contributed by atoms with van der Waals surface area (Å²) in [5.41, 5.74) is 4.76. The molecule has 0 aliphatic heterocycles. The van der Waals surface area contributed by atoms with Gasteiger partial charge in [0.2, 0.25) is 0 Å². The number of rotatable bonds is 14. The van der Waals surface area contributed by atoms with E-state index < -0.39 is 11.6 Å². The van der Waals surface area contributed by atoms with Crippen molar-refractivity contribution >= 4 is 16.9 Å². The fourth-order valence-electron chi connectivity index (χ4n) is 4.11. The van der Waals surface area contributed by atoms with Crippen LogP contribution in [0.2, 0.25) is 0 Å². The quantitative estimate of drug-likeness (QED) is 0.109. The van der Waals surface area contributed by atoms with Crippen molar-refractivity contribution in [2.24, 2.45) is 0 Å². The molecular weight excluding hydrogens is 528 g/mol. The molecular formula is C36H42O6. The van der Waals surface area contributed by atoms with Crippen molar-refractivity contribution in [3.8, 4) is 17.2 Å². The van der Waals surface area contributed by atoms with Gasteiger partial charge in [-0.05, 0) is 104 Å². The Bertz CT molecular complexity index is 1530. The average molecular weight is 571 g/mol. The second kappa shape index (κ2) is 16.2. The Kier molecular flexibility index (Phi) is 12.4. The lowest BCUT2D eigenvalue weighted by molar-refractivity contribution is 0.0722. The van der Waals surface area contributed by atoms with E-state index in [9.17, 15) is 9.59 Å². The van der Waals surface area contributed by atoms with Crippen LogP contribution in [-0.4, -0.2) is 19.2 Å². The van der Waals surface area contributed by atoms with Crippen LogP contribution in [0.3, 0.4) is 0 Å². The number of hydrogen-bond donors (Lipinski definition) is 0. The number of allylic oxidation sites excluding steroid dienone is 6. The van der Waals surface area contributed by atoms with Gasteiger partial charge in [0.05, 0.1) is 10.9 Å². The van der Waals surface area contributed by atoms with Gasteiger partial charge in [-0.3, -0.25) is 0 Å². The Labute approximate surface area is 249 Å². The molecule has 6 heteroatoms. The zero-order valence-electron chi connectivity index (χ0n) is 25.6. The molecule has 0 fully saturated rings. The van der Waals surface area contributed by atoms with Crippen molar-refractivity contribution in [2.75, 3.05) is 13.2 Å². The van der Waals surface area contributed by atoms with Crippen molar-refractivity contribution in [2.45, 2.75) is 67.2 Å². The Morgan fingerprint density at radius 2 is 1.33 bits per heavy atom. The average Bonchev–Trinajstić information content (AvgIpc) is 2.94. The van der Waals surface area contributed by atoms with Crippen LogP contribution in [0.5, 0.6) is 17.2 Å². The van der Waals surface area contributed by atoms with E-state index in [4.69, 9.17) is 18.6 Å². The van der Waals surface area contributed by atoms with Crippen LogP contribution in [0.15, 0.2) is 104 Å². The largest absolute Gasteiger partial charge is 0.489 e. The summed E-state index contributed by atoms with van der Waals surface area (Å²) in [6.45, 7) is 13.1. The first kappa shape index (κ1) is 32.2. The van der Waals surface area contributed by atoms with Crippen LogP contribution in [0.4, 0.5) is 0 Å². The number of carbonyl (C=O) groups excluding carboxylic acids is 1. The first-order valence-corrected chi connectivity index (χ1v) is 14.4. The molecule has 3 rings (SSSR count). The van der Waals surface area contributed by atoms with E-state index in [-0.39, 0.29) is 23.7 Å². The molecule has 0 radical (unpaired) electrons. The summed E-state index contributed by atoms with van der Waals surface area (Å²) in [5.74, 6) is -0.253. The molecule has 0 aliphatic carbocycles. The van der Waals surface area contributed by atoms with Gasteiger partial charge in [0, 0.05) is 6.07 Å². The number of esters is 1. The van der Waals surface area contributed by atoms with Crippen molar-refractivity contribution in [3.05, 3.63) is 111 Å². The van der Waals surface area contributed by atoms with Gasteiger partial charge in [0.1, 0.15) is 24.5 Å². The number of benzene rings is 2. The van der Waals surface area contributed by atoms with E-state index >= 15 is 0 Å². The van der Waals surface area contributed by atoms with Gasteiger partial charge in [-0.25, -0.2) is 9.59 Å². The highest BCUT2D eigenvalue weighted by atomic mass is 16.6. The van der Waals surface area contributed by atoms with Gasteiger partial charge in [0.25, 0.3) is 5.75 Å². The first-order chi connectivity index (χ1) is 20.1. The lowest BCUT2D eigenvalue weighted by atomic mass is 10.1. The lowest BCUT2D eigenvalue weighted by Gasteiger charge is -2.13. The summed E-state index contributed by atoms with van der Waals surface area (Å²) in [5, 5.41) is 0.502. The standard InChI is InChI=1S/C36H42O6/c1-25(2)12-10-14-27(5)20-22-39-30-18-19-31-32(24-30)41-36(38)34(42-35(37)29-16-8-7-9-17-29)33(31)40-23-21-28(6)15-11-13-26(3)4/h7-9,12-13,16-21,24H,10-11,14-15,22-23H2,1-6H3/b27-20+,28-21+. The fraction of sp³-hybridized carbons (Fsp3) is 0.333. The van der Waals surface area contributed by atoms with Gasteiger partial charge in [0.15, 0.2) is 5.75 Å². The van der Waals surface area contributed by atoms with Crippen molar-refractivity contribution in [1.29, 1.82) is 0 Å². The molecule has 1 heterocycles. The zero-order valence-corrected chi connectivity index (χ0v) is 25.6. The third-order valence-electron chi connectivity index (χ3n) is 6.52. The Morgan fingerprint density at radius 1 is 0.738 bits per heavy atom. The van der Waals surface area contributed by atoms with Crippen LogP contribution >= 0.6 is 0 Å². The van der Waals surface area contributed by atoms with Gasteiger partial charge in [-0.15, -0.1) is 0 Å². The van der Waals surface area contributed by atoms with Gasteiger partial charge < -0.3 is 18.6 Å². The highest BCUT2D eigenvalue weighted by Crippen LogP contribution is 2.35. The van der Waals surface area contributed by atoms with Crippen molar-refractivity contribution in [3.63, 3.8) is 0 Å². The molecule has 2 aromatic carbocycles. The molecule has 0 aliphatic rings. The molecule has 0 saturated carbocycles. The van der Waals surface area contributed by atoms with Crippen molar-refractivity contribution in [1.82, 2.24) is 0 Å². The van der Waals surface area contributed by atoms with Gasteiger partial charge in [-0.2, -0.15) is 0 Å². The van der Waals surface area contributed by atoms with E-state index in [1.165, 1.54) is 16.7 Å². The maximum atomic E-state index is 13.1. The van der Waals surface area contributed by atoms with E-state index in [1.54, 1.807) is 48.5 Å². The number of ether oxygens (including phenoxy) is 3. The second-order valence-electron chi connectivity index (χ2n) is 10.8. The molecule has 222 valence electrons. The summed E-state index contributed by atoms with van der Waals surface area (Å²) in [6.07, 6.45) is 12.2. The minimum atomic E-state index is -0.807. The summed E-state index contributed by atoms with van der Waals surface area (Å²) in [6, 6.07) is 13.7. The third kappa shape index (κ3) is 10.3. The SMILES string of the molecule is CC(C)=CCC/C(C)=C/COc1ccc2c(OC/C=C(\C)CCC=C(C)C)c(OC(=O)c3ccccc3)c(=O)oc2c1. The maximum absolute atomic E-state index is 13.1. The van der Waals surface area contributed by atoms with Crippen LogP contribution in [0.25, 0.3) is 11.0 Å². The van der Waals surface area contributed by atoms with E-state index in [0.29, 0.717) is 23.3 Å². The zero-order chi connectivity index (χ0) is 30.5. The minimum absolute atomic E-state index is 0.153. The number of hydrogen-bond acceptors (Lipinski definition) is 6. The molecule has 0 N–H and O–H groups in total. The molecule has 1 aromatic heterocycles. The van der Waals surface area contributed by atoms with Crippen molar-refractivity contribution < 1.29 is 23.4 Å². The molecule has 3 aromatic rings. The third-order valence-corrected chi connectivity index (χ3v) is 6.52. The normalized spacial score (nSPS) is 11.7. The molecule has 0 spiro atoms. The Morgan fingerprint density at radius 3 is 1.93 bits per heavy atom. The number of carbonyl (C=O) groups is 1. The summed E-state index contributed by atoms with van der Waals surface area (Å²) in [4.78, 5) is 25.9. The Hall–Kier alpha value is -4.32. The predicted octanol–water partition coefficient (Wildman–Crippen LogP) is 9.16. The van der Waals surface area contributed by atoms with Crippen LogP contribution < -0.4 is 19.8 Å². The van der Waals surface area contributed by atoms with Crippen LogP contribution in [-0.2, 0) is 0 Å². The topological polar surface area (TPSA) is 75.0 Å².